The van der Waals surface area contributed by atoms with Gasteiger partial charge in [-0.3, -0.25) is 8.75 Å². The monoisotopic (exact) mass is 227 g/mol. The van der Waals surface area contributed by atoms with E-state index >= 15 is 0 Å². The largest absolute Gasteiger partial charge is 0.280 e. The van der Waals surface area contributed by atoms with Gasteiger partial charge in [-0.05, 0) is 11.5 Å². The minimum Gasteiger partial charge on any atom is -0.267 e. The van der Waals surface area contributed by atoms with Gasteiger partial charge in [0.2, 0.25) is 0 Å². The summed E-state index contributed by atoms with van der Waals surface area (Å²) in [5.74, 6) is 0. The van der Waals surface area contributed by atoms with Gasteiger partial charge in [-0.15, -0.1) is 0 Å². The topological polar surface area (TPSA) is 56.1 Å². The average molecular weight is 228 g/mol. The van der Waals surface area contributed by atoms with E-state index in [4.69, 9.17) is 11.6 Å². The summed E-state index contributed by atoms with van der Waals surface area (Å²) in [7, 11) is -1.90. The van der Waals surface area contributed by atoms with Gasteiger partial charge in [-0.1, -0.05) is 11.6 Å². The predicted molar refractivity (Wildman–Crippen MR) is 47.7 cm³/mol. The number of aryl methyl sites for hydroxylation is 1. The molecule has 1 rings (SSSR count). The first-order valence-corrected chi connectivity index (χ1v) is 5.94. The second kappa shape index (κ2) is 2.86. The van der Waals surface area contributed by atoms with Crippen molar-refractivity contribution in [2.45, 2.75) is 4.21 Å². The molecule has 0 aliphatic carbocycles. The van der Waals surface area contributed by atoms with E-state index in [9.17, 15) is 13.2 Å². The van der Waals surface area contributed by atoms with Gasteiger partial charge in [0.05, 0.1) is 0 Å². The number of hydrogen-bond acceptors (Lipinski definition) is 4. The molecule has 0 radical (unpaired) electrons. The Morgan fingerprint density at radius 3 is 2.17 bits per heavy atom. The van der Waals surface area contributed by atoms with Gasteiger partial charge in [0, 0.05) is 13.3 Å². The van der Waals surface area contributed by atoms with E-state index in [1.807, 2.05) is 0 Å². The van der Waals surface area contributed by atoms with Crippen molar-refractivity contribution in [1.29, 1.82) is 0 Å². The number of sulfone groups is 1. The normalized spacial score (nSPS) is 11.9. The quantitative estimate of drug-likeness (QED) is 0.702. The number of rotatable bonds is 1. The van der Waals surface area contributed by atoms with Crippen molar-refractivity contribution >= 4 is 33.0 Å². The number of hydrogen-bond donors (Lipinski definition) is 0. The Balaban J connectivity index is 3.60. The fraction of sp³-hybridized carbons (Fsp3) is 0.400. The van der Waals surface area contributed by atoms with E-state index in [0.29, 0.717) is 0 Å². The van der Waals surface area contributed by atoms with Gasteiger partial charge in [-0.2, -0.15) is 0 Å². The summed E-state index contributed by atoms with van der Waals surface area (Å²) in [6.07, 6.45) is 1.02. The lowest BCUT2D eigenvalue weighted by Crippen LogP contribution is -2.08. The molecule has 1 heterocycles. The van der Waals surface area contributed by atoms with Crippen molar-refractivity contribution in [2.24, 2.45) is 7.05 Å². The van der Waals surface area contributed by atoms with E-state index in [2.05, 4.69) is 0 Å². The Bertz CT molecular complexity index is 456. The zero-order chi connectivity index (χ0) is 9.52. The Kier molecular flexibility index (Phi) is 2.33. The molecule has 0 aliphatic rings. The van der Waals surface area contributed by atoms with Crippen molar-refractivity contribution in [3.63, 3.8) is 0 Å². The van der Waals surface area contributed by atoms with Gasteiger partial charge in [0.25, 0.3) is 5.56 Å². The molecule has 0 aromatic carbocycles. The van der Waals surface area contributed by atoms with Crippen LogP contribution in [0.5, 0.6) is 0 Å². The van der Waals surface area contributed by atoms with Crippen molar-refractivity contribution in [3.05, 3.63) is 15.4 Å². The Morgan fingerprint density at radius 2 is 2.00 bits per heavy atom. The molecule has 0 bridgehead atoms. The van der Waals surface area contributed by atoms with Gasteiger partial charge >= 0.3 is 0 Å². The summed E-state index contributed by atoms with van der Waals surface area (Å²) in [6.45, 7) is 0. The Hall–Kier alpha value is -0.330. The van der Waals surface area contributed by atoms with Crippen LogP contribution in [0.4, 0.5) is 0 Å². The van der Waals surface area contributed by atoms with Crippen LogP contribution in [-0.4, -0.2) is 18.6 Å². The van der Waals surface area contributed by atoms with Crippen molar-refractivity contribution in [1.82, 2.24) is 3.96 Å². The second-order valence-electron chi connectivity index (χ2n) is 2.27. The third-order valence-corrected chi connectivity index (χ3v) is 4.60. The van der Waals surface area contributed by atoms with Crippen LogP contribution in [0.2, 0.25) is 5.02 Å². The molecule has 0 unspecified atom stereocenters. The zero-order valence-corrected chi connectivity index (χ0v) is 8.76. The van der Waals surface area contributed by atoms with Crippen LogP contribution in [-0.2, 0) is 16.9 Å². The molecule has 0 N–H and O–H groups in total. The van der Waals surface area contributed by atoms with Crippen LogP contribution in [0.1, 0.15) is 0 Å². The molecule has 0 amide bonds. The fourth-order valence-corrected chi connectivity index (χ4v) is 3.24. The fourth-order valence-electron chi connectivity index (χ4n) is 0.662. The maximum Gasteiger partial charge on any atom is 0.280 e. The summed E-state index contributed by atoms with van der Waals surface area (Å²) in [6, 6.07) is 0. The first-order valence-electron chi connectivity index (χ1n) is 2.90. The van der Waals surface area contributed by atoms with Gasteiger partial charge in [0.1, 0.15) is 5.02 Å². The molecule has 12 heavy (non-hydrogen) atoms. The van der Waals surface area contributed by atoms with Crippen LogP contribution < -0.4 is 5.56 Å². The van der Waals surface area contributed by atoms with Crippen LogP contribution >= 0.6 is 23.1 Å². The van der Waals surface area contributed by atoms with Crippen LogP contribution in [0, 0.1) is 0 Å². The predicted octanol–water partition coefficient (Wildman–Crippen LogP) is 0.504. The minimum atomic E-state index is -3.37. The lowest BCUT2D eigenvalue weighted by Gasteiger charge is -1.88. The van der Waals surface area contributed by atoms with Gasteiger partial charge in [-0.25, -0.2) is 8.42 Å². The summed E-state index contributed by atoms with van der Waals surface area (Å²) >= 11 is 6.33. The molecule has 7 heteroatoms. The summed E-state index contributed by atoms with van der Waals surface area (Å²) < 4.78 is 23.1. The standard InChI is InChI=1S/C5H6ClNO3S2/c1-7-4(8)3(6)5(11-7)12(2,9)10/h1-2H3. The highest BCUT2D eigenvalue weighted by Crippen LogP contribution is 2.21. The third-order valence-electron chi connectivity index (χ3n) is 1.21. The van der Waals surface area contributed by atoms with E-state index < -0.39 is 15.4 Å². The molecule has 0 saturated carbocycles. The Morgan fingerprint density at radius 1 is 1.50 bits per heavy atom. The summed E-state index contributed by atoms with van der Waals surface area (Å²) in [4.78, 5) is 11.0. The lowest BCUT2D eigenvalue weighted by atomic mass is 10.7. The van der Waals surface area contributed by atoms with Crippen molar-refractivity contribution in [3.8, 4) is 0 Å². The molecule has 4 nitrogen and oxygen atoms in total. The third kappa shape index (κ3) is 1.55. The Labute approximate surface area is 78.5 Å². The SMILES string of the molecule is Cn1sc(S(C)(=O)=O)c(Cl)c1=O. The minimum absolute atomic E-state index is 0.0725. The number of aromatic nitrogens is 1. The molecule has 1 aromatic heterocycles. The molecule has 68 valence electrons. The van der Waals surface area contributed by atoms with Crippen LogP contribution in [0.3, 0.4) is 0 Å². The van der Waals surface area contributed by atoms with Gasteiger partial charge in [0.15, 0.2) is 14.0 Å². The van der Waals surface area contributed by atoms with E-state index in [0.717, 1.165) is 17.8 Å². The number of halogens is 1. The summed E-state index contributed by atoms with van der Waals surface area (Å²) in [5.41, 5.74) is -0.470. The molecule has 0 atom stereocenters. The molecule has 0 aliphatic heterocycles. The average Bonchev–Trinajstić information content (AvgIpc) is 2.15. The van der Waals surface area contributed by atoms with E-state index in [1.54, 1.807) is 0 Å². The van der Waals surface area contributed by atoms with Crippen LogP contribution in [0.15, 0.2) is 9.00 Å². The molecule has 1 aromatic rings. The highest BCUT2D eigenvalue weighted by atomic mass is 35.5. The molecule has 0 spiro atoms. The highest BCUT2D eigenvalue weighted by molar-refractivity contribution is 7.92. The van der Waals surface area contributed by atoms with E-state index in [-0.39, 0.29) is 9.23 Å². The van der Waals surface area contributed by atoms with E-state index in [1.165, 1.54) is 11.0 Å². The second-order valence-corrected chi connectivity index (χ2v) is 6.00. The smallest absolute Gasteiger partial charge is 0.267 e. The maximum absolute atomic E-state index is 11.0. The van der Waals surface area contributed by atoms with Gasteiger partial charge < -0.3 is 0 Å². The summed E-state index contributed by atoms with van der Waals surface area (Å²) in [5, 5.41) is -0.218. The number of nitrogens with zero attached hydrogens (tertiary/aromatic N) is 1. The molecule has 0 saturated heterocycles. The van der Waals surface area contributed by atoms with Crippen molar-refractivity contribution < 1.29 is 8.42 Å². The first kappa shape index (κ1) is 9.76. The zero-order valence-electron chi connectivity index (χ0n) is 6.37. The molecular weight excluding hydrogens is 222 g/mol. The molecule has 0 fully saturated rings. The maximum atomic E-state index is 11.0. The lowest BCUT2D eigenvalue weighted by molar-refractivity contribution is 0.604. The van der Waals surface area contributed by atoms with Crippen LogP contribution in [0.25, 0.3) is 0 Å². The molecular formula is C5H6ClNO3S2. The first-order chi connectivity index (χ1) is 5.34. The highest BCUT2D eigenvalue weighted by Gasteiger charge is 2.19. The van der Waals surface area contributed by atoms with Crippen molar-refractivity contribution in [2.75, 3.05) is 6.26 Å².